The predicted molar refractivity (Wildman–Crippen MR) is 297 cm³/mol. The lowest BCUT2D eigenvalue weighted by molar-refractivity contribution is 0.0944. The van der Waals surface area contributed by atoms with Crippen LogP contribution >= 0.6 is 0 Å². The molecule has 2 aliphatic heterocycles. The molecule has 2 amide bonds. The van der Waals surface area contributed by atoms with Crippen LogP contribution in [-0.2, 0) is 19.4 Å². The average molecular weight is 997 g/mol. The molecule has 384 valence electrons. The van der Waals surface area contributed by atoms with Gasteiger partial charge in [0.15, 0.2) is 5.65 Å². The van der Waals surface area contributed by atoms with E-state index in [1.807, 2.05) is 84.1 Å². The highest BCUT2D eigenvalue weighted by molar-refractivity contribution is 6.07. The van der Waals surface area contributed by atoms with Crippen LogP contribution in [0.5, 0.6) is 0 Å². The van der Waals surface area contributed by atoms with E-state index in [1.165, 1.54) is 5.56 Å². The molecule has 15 nitrogen and oxygen atoms in total. The monoisotopic (exact) mass is 997 g/mol. The van der Waals surface area contributed by atoms with Gasteiger partial charge >= 0.3 is 0 Å². The average Bonchev–Trinajstić information content (AvgIpc) is 3.84. The Balaban J connectivity index is 0.809. The third-order valence-electron chi connectivity index (χ3n) is 14.3. The highest BCUT2D eigenvalue weighted by Crippen LogP contribution is 2.42. The first-order valence-electron chi connectivity index (χ1n) is 26.1. The number of rotatable bonds is 17. The Morgan fingerprint density at radius 3 is 2.38 bits per heavy atom. The molecule has 0 bridgehead atoms. The number of H-pyrrole nitrogens is 1. The minimum absolute atomic E-state index is 0.0224. The fourth-order valence-electron chi connectivity index (χ4n) is 10.1. The molecule has 0 radical (unpaired) electrons. The zero-order chi connectivity index (χ0) is 52.2. The Hall–Kier alpha value is -7.65. The molecule has 74 heavy (non-hydrogen) atoms. The van der Waals surface area contributed by atoms with Gasteiger partial charge in [0, 0.05) is 122 Å². The number of nitrogens with one attached hydrogen (secondary N) is 3. The Morgan fingerprint density at radius 1 is 0.851 bits per heavy atom. The van der Waals surface area contributed by atoms with E-state index in [-0.39, 0.29) is 30.0 Å². The number of hydrogen-bond acceptors (Lipinski definition) is 10. The van der Waals surface area contributed by atoms with Gasteiger partial charge in [0.05, 0.1) is 28.9 Å². The molecule has 3 N–H and O–H groups in total. The number of anilines is 2. The quantitative estimate of drug-likeness (QED) is 0.0459. The van der Waals surface area contributed by atoms with Crippen LogP contribution in [0.2, 0.25) is 0 Å². The lowest BCUT2D eigenvalue weighted by Crippen LogP contribution is -2.47. The zero-order valence-corrected chi connectivity index (χ0v) is 44.4. The summed E-state index contributed by atoms with van der Waals surface area (Å²) in [5, 5.41) is 13.5. The first kappa shape index (κ1) is 51.3. The van der Waals surface area contributed by atoms with Crippen LogP contribution in [0, 0.1) is 6.92 Å². The van der Waals surface area contributed by atoms with Crippen LogP contribution in [0.4, 0.5) is 11.5 Å². The van der Waals surface area contributed by atoms with Gasteiger partial charge in [0.1, 0.15) is 31.3 Å². The molecule has 1 fully saturated rings. The molecule has 2 aromatic carbocycles. The Labute approximate surface area is 433 Å². The number of unbranched alkanes of at least 4 members (excludes halogenated alkanes) is 1. The standard InChI is InChI=1S/C59H69N11O4/c1-10-14-40-29-38(5)64-59(73)49(40)35-62-58(72)48-33-51(65-56-50(48)36-63-70(56)37(3)4)42-17-22-54(61-34-42)69-27-25-68(26-28-69)24-13-12-23-60-57(71)41-16-15-39(11-2)47(30-41)55-45-20-18-43(66(6)7)31-52(45)74-53-32-44(67(8)9)19-21-46(53)55/h15-22,29-34,36-37H,10-14,23-28,35H2,1-9H3,(H2-,60,62,64,71,72,73)/p+1. The molecule has 0 saturated carbocycles. The summed E-state index contributed by atoms with van der Waals surface area (Å²) < 4.78 is 10.5. The third kappa shape index (κ3) is 10.8. The zero-order valence-electron chi connectivity index (χ0n) is 44.4. The van der Waals surface area contributed by atoms with Crippen molar-refractivity contribution in [3.05, 3.63) is 140 Å². The van der Waals surface area contributed by atoms with Crippen molar-refractivity contribution in [3.8, 4) is 33.7 Å². The van der Waals surface area contributed by atoms with Gasteiger partial charge in [-0.15, -0.1) is 0 Å². The third-order valence-corrected chi connectivity index (χ3v) is 14.3. The summed E-state index contributed by atoms with van der Waals surface area (Å²) in [6.07, 6.45) is 7.83. The number of aromatic amines is 1. The van der Waals surface area contributed by atoms with Crippen molar-refractivity contribution in [2.45, 2.75) is 79.3 Å². The first-order valence-corrected chi connectivity index (χ1v) is 26.1. The van der Waals surface area contributed by atoms with Crippen molar-refractivity contribution in [3.63, 3.8) is 0 Å². The van der Waals surface area contributed by atoms with Gasteiger partial charge < -0.3 is 29.8 Å². The molecule has 6 heterocycles. The second-order valence-corrected chi connectivity index (χ2v) is 20.2. The van der Waals surface area contributed by atoms with Gasteiger partial charge in [-0.05, 0) is 124 Å². The van der Waals surface area contributed by atoms with Crippen molar-refractivity contribution in [1.82, 2.24) is 44.8 Å². The summed E-state index contributed by atoms with van der Waals surface area (Å²) in [4.78, 5) is 60.3. The molecule has 6 aromatic rings. The number of carbonyl (C=O) groups excluding carboxylic acids is 2. The summed E-state index contributed by atoms with van der Waals surface area (Å²) in [7, 11) is 8.12. The van der Waals surface area contributed by atoms with Crippen molar-refractivity contribution in [2.24, 2.45) is 0 Å². The second-order valence-electron chi connectivity index (χ2n) is 20.2. The number of piperazine rings is 1. The maximum atomic E-state index is 13.9. The molecule has 4 aromatic heterocycles. The number of benzene rings is 3. The number of fused-ring (bicyclic) bond motifs is 3. The highest BCUT2D eigenvalue weighted by Gasteiger charge is 2.24. The molecular formula is C59H70N11O4+. The Kier molecular flexibility index (Phi) is 15.4. The van der Waals surface area contributed by atoms with Crippen LogP contribution in [0.1, 0.15) is 96.1 Å². The van der Waals surface area contributed by atoms with Gasteiger partial charge in [-0.2, -0.15) is 5.10 Å². The van der Waals surface area contributed by atoms with E-state index in [2.05, 4.69) is 102 Å². The number of hydrogen-bond donors (Lipinski definition) is 3. The first-order chi connectivity index (χ1) is 35.7. The highest BCUT2D eigenvalue weighted by atomic mass is 16.3. The maximum absolute atomic E-state index is 13.9. The van der Waals surface area contributed by atoms with Crippen molar-refractivity contribution in [1.29, 1.82) is 0 Å². The van der Waals surface area contributed by atoms with E-state index >= 15 is 0 Å². The molecule has 0 unspecified atom stereocenters. The number of aromatic nitrogens is 5. The van der Waals surface area contributed by atoms with Gasteiger partial charge in [-0.25, -0.2) is 19.2 Å². The molecular weight excluding hydrogens is 927 g/mol. The largest absolute Gasteiger partial charge is 0.456 e. The van der Waals surface area contributed by atoms with Crippen molar-refractivity contribution < 1.29 is 14.0 Å². The lowest BCUT2D eigenvalue weighted by Gasteiger charge is -2.35. The van der Waals surface area contributed by atoms with Crippen LogP contribution in [0.25, 0.3) is 55.7 Å². The molecule has 15 heteroatoms. The van der Waals surface area contributed by atoms with E-state index < -0.39 is 0 Å². The van der Waals surface area contributed by atoms with E-state index in [1.54, 1.807) is 12.3 Å². The molecule has 0 spiro atoms. The van der Waals surface area contributed by atoms with Gasteiger partial charge in [-0.1, -0.05) is 26.3 Å². The fourth-order valence-corrected chi connectivity index (χ4v) is 10.1. The summed E-state index contributed by atoms with van der Waals surface area (Å²) in [6, 6.07) is 26.6. The molecule has 0 atom stereocenters. The van der Waals surface area contributed by atoms with E-state index in [0.29, 0.717) is 40.0 Å². The lowest BCUT2D eigenvalue weighted by atomic mass is 9.88. The molecule has 1 aliphatic carbocycles. The fraction of sp³-hybridized carbons (Fsp3) is 0.373. The van der Waals surface area contributed by atoms with Crippen LogP contribution < -0.4 is 35.9 Å². The topological polar surface area (TPSA) is 161 Å². The Morgan fingerprint density at radius 2 is 1.66 bits per heavy atom. The summed E-state index contributed by atoms with van der Waals surface area (Å²) >= 11 is 0. The van der Waals surface area contributed by atoms with Crippen LogP contribution in [-0.4, -0.2) is 109 Å². The summed E-state index contributed by atoms with van der Waals surface area (Å²) in [6.45, 7) is 15.3. The van der Waals surface area contributed by atoms with Crippen LogP contribution in [0.3, 0.4) is 0 Å². The number of aryl methyl sites for hydroxylation is 3. The molecule has 1 saturated heterocycles. The number of carbonyl (C=O) groups is 2. The van der Waals surface area contributed by atoms with E-state index in [4.69, 9.17) is 14.4 Å². The normalized spacial score (nSPS) is 13.1. The van der Waals surface area contributed by atoms with Crippen molar-refractivity contribution in [2.75, 3.05) is 77.3 Å². The predicted octanol–water partition coefficient (Wildman–Crippen LogP) is 8.46. The van der Waals surface area contributed by atoms with E-state index in [0.717, 1.165) is 132 Å². The minimum Gasteiger partial charge on any atom is -0.456 e. The number of nitrogens with zero attached hydrogens (tertiary/aromatic N) is 8. The SMILES string of the molecule is CCCc1cc(C)[nH]c(=O)c1CNC(=O)c1cc(-c2ccc(N3CCN(CCCCNC(=O)c4ccc(CC)c(-c5c6ccc(=[N+](C)C)cc-6oc6cc(N(C)C)ccc56)c4)CC3)nc2)nc2c1cnn2C(C)C. The maximum Gasteiger partial charge on any atom is 0.253 e. The number of amides is 2. The summed E-state index contributed by atoms with van der Waals surface area (Å²) in [5.74, 6) is 1.32. The van der Waals surface area contributed by atoms with Crippen molar-refractivity contribution >= 4 is 45.3 Å². The van der Waals surface area contributed by atoms with Gasteiger partial charge in [-0.3, -0.25) is 19.3 Å². The summed E-state index contributed by atoms with van der Waals surface area (Å²) in [5.41, 5.74) is 11.4. The van der Waals surface area contributed by atoms with Crippen LogP contribution in [0.15, 0.2) is 100 Å². The Bertz CT molecular complexity index is 3450. The smallest absolute Gasteiger partial charge is 0.253 e. The minimum atomic E-state index is -0.300. The second kappa shape index (κ2) is 22.2. The van der Waals surface area contributed by atoms with Gasteiger partial charge in [0.2, 0.25) is 5.36 Å². The number of pyridine rings is 3. The van der Waals surface area contributed by atoms with Gasteiger partial charge in [0.25, 0.3) is 17.4 Å². The molecule has 3 aliphatic rings. The molecule has 9 rings (SSSR count). The van der Waals surface area contributed by atoms with E-state index in [9.17, 15) is 14.4 Å².